The number of nitrogens with one attached hydrogen (secondary N) is 1. The molecule has 1 atom stereocenters. The van der Waals surface area contributed by atoms with Gasteiger partial charge in [-0.15, -0.1) is 0 Å². The van der Waals surface area contributed by atoms with E-state index in [0.717, 1.165) is 5.69 Å². The highest BCUT2D eigenvalue weighted by Gasteiger charge is 2.18. The predicted octanol–water partition coefficient (Wildman–Crippen LogP) is 3.78. The van der Waals surface area contributed by atoms with E-state index in [9.17, 15) is 0 Å². The van der Waals surface area contributed by atoms with Crippen molar-refractivity contribution in [3.05, 3.63) is 60.7 Å². The lowest BCUT2D eigenvalue weighted by molar-refractivity contribution is 0.352. The number of anilines is 1. The molecule has 0 unspecified atom stereocenters. The monoisotopic (exact) mass is 404 g/mol. The Bertz CT molecular complexity index is 1100. The topological polar surface area (TPSA) is 108 Å². The largest absolute Gasteiger partial charge is 0.481 e. The molecular weight excluding hydrogens is 384 g/mol. The lowest BCUT2D eigenvalue weighted by atomic mass is 10.1. The molecule has 4 rings (SSSR count). The molecule has 9 nitrogen and oxygen atoms in total. The van der Waals surface area contributed by atoms with Crippen LogP contribution in [-0.4, -0.2) is 39.1 Å². The molecule has 0 aliphatic heterocycles. The highest BCUT2D eigenvalue weighted by molar-refractivity contribution is 5.77. The van der Waals surface area contributed by atoms with Crippen LogP contribution < -0.4 is 14.8 Å². The van der Waals surface area contributed by atoms with Gasteiger partial charge in [0.15, 0.2) is 5.76 Å². The summed E-state index contributed by atoms with van der Waals surface area (Å²) in [4.78, 5) is 22.1. The van der Waals surface area contributed by atoms with Gasteiger partial charge in [0.1, 0.15) is 5.69 Å². The maximum Gasteiger partial charge on any atom is 0.320 e. The summed E-state index contributed by atoms with van der Waals surface area (Å²) >= 11 is 0. The molecule has 0 aliphatic carbocycles. The molecule has 0 aliphatic rings. The van der Waals surface area contributed by atoms with Crippen LogP contribution in [0.4, 0.5) is 5.95 Å². The van der Waals surface area contributed by atoms with Crippen molar-refractivity contribution >= 4 is 5.95 Å². The summed E-state index contributed by atoms with van der Waals surface area (Å²) in [7, 11) is 3.02. The third-order valence-corrected chi connectivity index (χ3v) is 4.37. The first-order valence-corrected chi connectivity index (χ1v) is 9.23. The van der Waals surface area contributed by atoms with E-state index in [4.69, 9.17) is 13.9 Å². The maximum atomic E-state index is 5.60. The van der Waals surface area contributed by atoms with Gasteiger partial charge in [-0.25, -0.2) is 9.97 Å². The molecule has 9 heteroatoms. The number of methoxy groups -OCH3 is 2. The highest BCUT2D eigenvalue weighted by atomic mass is 16.5. The minimum Gasteiger partial charge on any atom is -0.481 e. The zero-order chi connectivity index (χ0) is 20.9. The molecule has 0 aromatic carbocycles. The van der Waals surface area contributed by atoms with Crippen LogP contribution >= 0.6 is 0 Å². The van der Waals surface area contributed by atoms with Gasteiger partial charge in [0, 0.05) is 24.0 Å². The molecule has 0 spiro atoms. The molecule has 0 fully saturated rings. The Balaban J connectivity index is 1.75. The Morgan fingerprint density at radius 1 is 1.00 bits per heavy atom. The molecule has 0 saturated heterocycles. The van der Waals surface area contributed by atoms with Crippen molar-refractivity contribution in [2.24, 2.45) is 0 Å². The summed E-state index contributed by atoms with van der Waals surface area (Å²) in [5.41, 5.74) is 2.66. The van der Waals surface area contributed by atoms with Crippen molar-refractivity contribution < 1.29 is 13.9 Å². The van der Waals surface area contributed by atoms with E-state index in [0.29, 0.717) is 34.5 Å². The summed E-state index contributed by atoms with van der Waals surface area (Å²) in [6.07, 6.45) is 5.02. The Kier molecular flexibility index (Phi) is 5.51. The molecule has 0 bridgehead atoms. The minimum atomic E-state index is -0.0826. The van der Waals surface area contributed by atoms with Crippen LogP contribution in [0.3, 0.4) is 0 Å². The van der Waals surface area contributed by atoms with Crippen molar-refractivity contribution in [2.75, 3.05) is 19.5 Å². The van der Waals surface area contributed by atoms with E-state index in [1.807, 2.05) is 31.2 Å². The number of hydrogen-bond donors (Lipinski definition) is 1. The van der Waals surface area contributed by atoms with E-state index in [1.165, 1.54) is 14.2 Å². The first kappa shape index (κ1) is 19.3. The van der Waals surface area contributed by atoms with Crippen LogP contribution in [0.1, 0.15) is 18.7 Å². The summed E-state index contributed by atoms with van der Waals surface area (Å²) in [5.74, 6) is 1.39. The average Bonchev–Trinajstić information content (AvgIpc) is 3.34. The molecule has 152 valence electrons. The molecule has 4 aromatic rings. The van der Waals surface area contributed by atoms with E-state index >= 15 is 0 Å². The molecule has 0 radical (unpaired) electrons. The van der Waals surface area contributed by atoms with Gasteiger partial charge in [0.05, 0.1) is 37.9 Å². The molecule has 0 amide bonds. The molecule has 30 heavy (non-hydrogen) atoms. The normalized spacial score (nSPS) is 11.7. The second-order valence-electron chi connectivity index (χ2n) is 6.34. The summed E-state index contributed by atoms with van der Waals surface area (Å²) < 4.78 is 16.1. The smallest absolute Gasteiger partial charge is 0.320 e. The van der Waals surface area contributed by atoms with Crippen LogP contribution in [0.25, 0.3) is 22.7 Å². The molecule has 0 saturated carbocycles. The van der Waals surface area contributed by atoms with Gasteiger partial charge in [0.2, 0.25) is 11.8 Å². The maximum absolute atomic E-state index is 5.60. The van der Waals surface area contributed by atoms with E-state index < -0.39 is 0 Å². The van der Waals surface area contributed by atoms with Crippen molar-refractivity contribution in [3.63, 3.8) is 0 Å². The van der Waals surface area contributed by atoms with Crippen LogP contribution in [0.5, 0.6) is 11.9 Å². The Hall–Kier alpha value is -4.01. The fourth-order valence-corrected chi connectivity index (χ4v) is 2.88. The SMILES string of the molecule is COc1cc(-c2cnc(N[C@@H](C)c3ccccn3)nc2-c2ccco2)nc(OC)n1. The van der Waals surface area contributed by atoms with Crippen molar-refractivity contribution in [2.45, 2.75) is 13.0 Å². The van der Waals surface area contributed by atoms with Crippen molar-refractivity contribution in [3.8, 4) is 34.6 Å². The van der Waals surface area contributed by atoms with Gasteiger partial charge in [-0.1, -0.05) is 6.07 Å². The Labute approximate surface area is 173 Å². The Morgan fingerprint density at radius 3 is 2.60 bits per heavy atom. The summed E-state index contributed by atoms with van der Waals surface area (Å²) in [6.45, 7) is 1.99. The number of hydrogen-bond acceptors (Lipinski definition) is 9. The summed E-state index contributed by atoms with van der Waals surface area (Å²) in [6, 6.07) is 11.2. The highest BCUT2D eigenvalue weighted by Crippen LogP contribution is 2.32. The van der Waals surface area contributed by atoms with Crippen LogP contribution in [0, 0.1) is 0 Å². The molecule has 4 aromatic heterocycles. The van der Waals surface area contributed by atoms with Crippen LogP contribution in [0.2, 0.25) is 0 Å². The second-order valence-corrected chi connectivity index (χ2v) is 6.34. The number of pyridine rings is 1. The zero-order valence-corrected chi connectivity index (χ0v) is 16.7. The quantitative estimate of drug-likeness (QED) is 0.492. The number of nitrogens with zero attached hydrogens (tertiary/aromatic N) is 5. The van der Waals surface area contributed by atoms with Gasteiger partial charge >= 0.3 is 6.01 Å². The molecule has 1 N–H and O–H groups in total. The Morgan fingerprint density at radius 2 is 1.90 bits per heavy atom. The predicted molar refractivity (Wildman–Crippen MR) is 110 cm³/mol. The first-order chi connectivity index (χ1) is 14.7. The second kappa shape index (κ2) is 8.56. The molecular formula is C21H20N6O3. The zero-order valence-electron chi connectivity index (χ0n) is 16.7. The van der Waals surface area contributed by atoms with Gasteiger partial charge in [-0.3, -0.25) is 4.98 Å². The number of aromatic nitrogens is 5. The lowest BCUT2D eigenvalue weighted by Gasteiger charge is -2.15. The van der Waals surface area contributed by atoms with Gasteiger partial charge in [-0.05, 0) is 31.2 Å². The van der Waals surface area contributed by atoms with Gasteiger partial charge in [-0.2, -0.15) is 9.97 Å². The minimum absolute atomic E-state index is 0.0826. The third kappa shape index (κ3) is 4.04. The van der Waals surface area contributed by atoms with Gasteiger partial charge in [0.25, 0.3) is 0 Å². The van der Waals surface area contributed by atoms with Crippen LogP contribution in [-0.2, 0) is 0 Å². The number of ether oxygens (including phenoxy) is 2. The average molecular weight is 404 g/mol. The summed E-state index contributed by atoms with van der Waals surface area (Å²) in [5, 5.41) is 3.28. The number of furan rings is 1. The standard InChI is InChI=1S/C21H20N6O3/c1-13(15-7-4-5-9-22-15)24-20-23-12-14(19(27-20)17-8-6-10-30-17)16-11-18(28-2)26-21(25-16)29-3/h4-13H,1-3H3,(H,23,24,27)/t13-/m0/s1. The third-order valence-electron chi connectivity index (χ3n) is 4.37. The number of rotatable bonds is 7. The van der Waals surface area contributed by atoms with E-state index in [2.05, 4.69) is 30.2 Å². The van der Waals surface area contributed by atoms with Crippen molar-refractivity contribution in [1.82, 2.24) is 24.9 Å². The fourth-order valence-electron chi connectivity index (χ4n) is 2.88. The van der Waals surface area contributed by atoms with Gasteiger partial charge < -0.3 is 19.2 Å². The lowest BCUT2D eigenvalue weighted by Crippen LogP contribution is -2.11. The van der Waals surface area contributed by atoms with Crippen LogP contribution in [0.15, 0.2) is 59.5 Å². The molecule has 4 heterocycles. The van der Waals surface area contributed by atoms with E-state index in [1.54, 1.807) is 30.8 Å². The van der Waals surface area contributed by atoms with Crippen molar-refractivity contribution in [1.29, 1.82) is 0 Å². The fraction of sp³-hybridized carbons (Fsp3) is 0.190. The van der Waals surface area contributed by atoms with E-state index in [-0.39, 0.29) is 12.1 Å². The first-order valence-electron chi connectivity index (χ1n) is 9.23.